The third-order valence-corrected chi connectivity index (χ3v) is 4.77. The smallest absolute Gasteiger partial charge is 0.0718 e. The molecule has 2 aliphatic rings. The monoisotopic (exact) mass is 222 g/mol. The zero-order chi connectivity index (χ0) is 11.8. The Labute approximate surface area is 99.9 Å². The van der Waals surface area contributed by atoms with E-state index in [1.165, 1.54) is 19.3 Å². The minimum Gasteiger partial charge on any atom is -0.389 e. The zero-order valence-electron chi connectivity index (χ0n) is 11.0. The normalized spacial score (nSPS) is 41.0. The summed E-state index contributed by atoms with van der Waals surface area (Å²) in [7, 11) is 0. The largest absolute Gasteiger partial charge is 0.389 e. The lowest BCUT2D eigenvalue weighted by atomic mass is 9.73. The molecular formula is C15H26O. The van der Waals surface area contributed by atoms with Crippen LogP contribution in [0.3, 0.4) is 0 Å². The first-order valence-corrected chi connectivity index (χ1v) is 6.89. The van der Waals surface area contributed by atoms with Crippen LogP contribution >= 0.6 is 0 Å². The van der Waals surface area contributed by atoms with E-state index in [-0.39, 0.29) is 0 Å². The standard InChI is InChI=1S/C15H26O/c1-4-5-10-15(16)11-14(2,3)12-8-6-7-9-13(12)15/h7,9,12-13,16H,4-6,8,10-11H2,1-3H3/t12-,13+,15+/m0/s1. The number of rotatable bonds is 3. The maximum absolute atomic E-state index is 10.9. The van der Waals surface area contributed by atoms with Gasteiger partial charge in [-0.05, 0) is 37.0 Å². The van der Waals surface area contributed by atoms with Crippen LogP contribution in [0.2, 0.25) is 0 Å². The van der Waals surface area contributed by atoms with Crippen molar-refractivity contribution in [2.24, 2.45) is 17.3 Å². The Bertz CT molecular complexity index is 279. The summed E-state index contributed by atoms with van der Waals surface area (Å²) in [4.78, 5) is 0. The summed E-state index contributed by atoms with van der Waals surface area (Å²) < 4.78 is 0. The first kappa shape index (κ1) is 12.2. The van der Waals surface area contributed by atoms with Crippen LogP contribution in [0, 0.1) is 17.3 Å². The number of fused-ring (bicyclic) bond motifs is 1. The molecule has 1 fully saturated rings. The first-order chi connectivity index (χ1) is 7.49. The number of aliphatic hydroxyl groups is 1. The average molecular weight is 222 g/mol. The van der Waals surface area contributed by atoms with Crippen LogP contribution in [0.4, 0.5) is 0 Å². The van der Waals surface area contributed by atoms with Gasteiger partial charge in [0.2, 0.25) is 0 Å². The van der Waals surface area contributed by atoms with Crippen LogP contribution in [-0.2, 0) is 0 Å². The van der Waals surface area contributed by atoms with E-state index in [1.807, 2.05) is 0 Å². The number of allylic oxidation sites excluding steroid dienone is 1. The highest BCUT2D eigenvalue weighted by Gasteiger charge is 2.54. The lowest BCUT2D eigenvalue weighted by Crippen LogP contribution is -2.35. The van der Waals surface area contributed by atoms with Crippen molar-refractivity contribution in [3.63, 3.8) is 0 Å². The van der Waals surface area contributed by atoms with Crippen LogP contribution in [0.25, 0.3) is 0 Å². The first-order valence-electron chi connectivity index (χ1n) is 6.89. The highest BCUT2D eigenvalue weighted by atomic mass is 16.3. The molecule has 2 aliphatic carbocycles. The topological polar surface area (TPSA) is 20.2 Å². The van der Waals surface area contributed by atoms with Crippen molar-refractivity contribution in [1.29, 1.82) is 0 Å². The zero-order valence-corrected chi connectivity index (χ0v) is 11.0. The number of hydrogen-bond acceptors (Lipinski definition) is 1. The van der Waals surface area contributed by atoms with Crippen molar-refractivity contribution in [1.82, 2.24) is 0 Å². The highest BCUT2D eigenvalue weighted by molar-refractivity contribution is 5.14. The van der Waals surface area contributed by atoms with Crippen molar-refractivity contribution in [2.75, 3.05) is 0 Å². The van der Waals surface area contributed by atoms with E-state index in [0.717, 1.165) is 19.3 Å². The van der Waals surface area contributed by atoms with Crippen molar-refractivity contribution in [3.05, 3.63) is 12.2 Å². The predicted molar refractivity (Wildman–Crippen MR) is 68.2 cm³/mol. The lowest BCUT2D eigenvalue weighted by molar-refractivity contribution is -0.00236. The third kappa shape index (κ3) is 1.95. The molecule has 0 aromatic carbocycles. The van der Waals surface area contributed by atoms with E-state index in [0.29, 0.717) is 17.3 Å². The number of unbranched alkanes of at least 4 members (excludes halogenated alkanes) is 1. The number of hydrogen-bond donors (Lipinski definition) is 1. The van der Waals surface area contributed by atoms with Gasteiger partial charge in [-0.2, -0.15) is 0 Å². The molecule has 0 aromatic heterocycles. The van der Waals surface area contributed by atoms with Crippen LogP contribution in [0.1, 0.15) is 59.3 Å². The van der Waals surface area contributed by atoms with Gasteiger partial charge < -0.3 is 5.11 Å². The molecule has 0 spiro atoms. The minimum atomic E-state index is -0.416. The SMILES string of the molecule is CCCC[C@@]1(O)CC(C)(C)[C@H]2CCC=C[C@H]21. The summed E-state index contributed by atoms with van der Waals surface area (Å²) in [5.74, 6) is 1.11. The third-order valence-electron chi connectivity index (χ3n) is 4.77. The fraction of sp³-hybridized carbons (Fsp3) is 0.867. The van der Waals surface area contributed by atoms with Crippen molar-refractivity contribution < 1.29 is 5.11 Å². The van der Waals surface area contributed by atoms with Crippen molar-refractivity contribution in [2.45, 2.75) is 64.9 Å². The molecule has 0 saturated heterocycles. The van der Waals surface area contributed by atoms with Crippen LogP contribution in [0.5, 0.6) is 0 Å². The molecule has 1 N–H and O–H groups in total. The second kappa shape index (κ2) is 4.18. The maximum atomic E-state index is 10.9. The fourth-order valence-electron chi connectivity index (χ4n) is 4.04. The molecule has 92 valence electrons. The Hall–Kier alpha value is -0.300. The molecule has 0 amide bonds. The molecule has 0 aromatic rings. The van der Waals surface area contributed by atoms with Gasteiger partial charge in [0.15, 0.2) is 0 Å². The van der Waals surface area contributed by atoms with Gasteiger partial charge in [-0.25, -0.2) is 0 Å². The molecule has 0 heterocycles. The molecule has 0 unspecified atom stereocenters. The summed E-state index contributed by atoms with van der Waals surface area (Å²) >= 11 is 0. The second-order valence-corrected chi connectivity index (χ2v) is 6.51. The van der Waals surface area contributed by atoms with E-state index < -0.39 is 5.60 Å². The van der Waals surface area contributed by atoms with Gasteiger partial charge in [0, 0.05) is 5.92 Å². The summed E-state index contributed by atoms with van der Waals surface area (Å²) in [6.45, 7) is 6.89. The molecule has 0 radical (unpaired) electrons. The van der Waals surface area contributed by atoms with Crippen molar-refractivity contribution in [3.8, 4) is 0 Å². The quantitative estimate of drug-likeness (QED) is 0.718. The van der Waals surface area contributed by atoms with Crippen molar-refractivity contribution >= 4 is 0 Å². The van der Waals surface area contributed by atoms with Crippen LogP contribution in [-0.4, -0.2) is 10.7 Å². The predicted octanol–water partition coefficient (Wildman–Crippen LogP) is 3.92. The Balaban J connectivity index is 2.20. The molecule has 0 aliphatic heterocycles. The minimum absolute atomic E-state index is 0.317. The van der Waals surface area contributed by atoms with Gasteiger partial charge >= 0.3 is 0 Å². The van der Waals surface area contributed by atoms with Gasteiger partial charge in [-0.3, -0.25) is 0 Å². The second-order valence-electron chi connectivity index (χ2n) is 6.51. The Kier molecular flexibility index (Phi) is 3.18. The Morgan fingerprint density at radius 2 is 2.12 bits per heavy atom. The molecule has 0 bridgehead atoms. The molecular weight excluding hydrogens is 196 g/mol. The summed E-state index contributed by atoms with van der Waals surface area (Å²) in [5, 5.41) is 10.9. The van der Waals surface area contributed by atoms with Crippen LogP contribution < -0.4 is 0 Å². The van der Waals surface area contributed by atoms with E-state index >= 15 is 0 Å². The summed E-state index contributed by atoms with van der Waals surface area (Å²) in [5.41, 5.74) is -0.0982. The molecule has 16 heavy (non-hydrogen) atoms. The van der Waals surface area contributed by atoms with E-state index in [4.69, 9.17) is 0 Å². The van der Waals surface area contributed by atoms with E-state index in [1.54, 1.807) is 0 Å². The summed E-state index contributed by atoms with van der Waals surface area (Å²) in [6.07, 6.45) is 11.4. The molecule has 1 nitrogen and oxygen atoms in total. The van der Waals surface area contributed by atoms with E-state index in [2.05, 4.69) is 32.9 Å². The summed E-state index contributed by atoms with van der Waals surface area (Å²) in [6, 6.07) is 0. The molecule has 1 saturated carbocycles. The molecule has 2 rings (SSSR count). The average Bonchev–Trinajstić information content (AvgIpc) is 2.45. The lowest BCUT2D eigenvalue weighted by Gasteiger charge is -2.33. The van der Waals surface area contributed by atoms with Gasteiger partial charge in [0.1, 0.15) is 0 Å². The van der Waals surface area contributed by atoms with Gasteiger partial charge in [0.05, 0.1) is 5.60 Å². The fourth-order valence-corrected chi connectivity index (χ4v) is 4.04. The van der Waals surface area contributed by atoms with Gasteiger partial charge in [-0.1, -0.05) is 45.8 Å². The van der Waals surface area contributed by atoms with Gasteiger partial charge in [0.25, 0.3) is 0 Å². The Morgan fingerprint density at radius 1 is 1.38 bits per heavy atom. The molecule has 3 atom stereocenters. The van der Waals surface area contributed by atoms with Crippen LogP contribution in [0.15, 0.2) is 12.2 Å². The molecule has 1 heteroatoms. The highest BCUT2D eigenvalue weighted by Crippen LogP contribution is 2.57. The van der Waals surface area contributed by atoms with E-state index in [9.17, 15) is 5.11 Å². The Morgan fingerprint density at radius 3 is 2.81 bits per heavy atom. The maximum Gasteiger partial charge on any atom is 0.0718 e. The van der Waals surface area contributed by atoms with Gasteiger partial charge in [-0.15, -0.1) is 0 Å².